The van der Waals surface area contributed by atoms with Gasteiger partial charge in [0.25, 0.3) is 5.91 Å². The minimum Gasteiger partial charge on any atom is -0.467 e. The van der Waals surface area contributed by atoms with E-state index >= 15 is 0 Å². The number of hydrogen-bond donors (Lipinski definition) is 0. The molecule has 0 N–H and O–H groups in total. The summed E-state index contributed by atoms with van der Waals surface area (Å²) in [5.74, 6) is 1.36. The number of allylic oxidation sites excluding steroid dienone is 1. The molecule has 124 valence electrons. The summed E-state index contributed by atoms with van der Waals surface area (Å²) in [6, 6.07) is 7.28. The van der Waals surface area contributed by atoms with E-state index in [-0.39, 0.29) is 23.7 Å². The molecule has 1 aliphatic carbocycles. The molecule has 0 unspecified atom stereocenters. The maximum absolute atomic E-state index is 12.3. The lowest BCUT2D eigenvalue weighted by Gasteiger charge is -2.27. The Bertz CT molecular complexity index is 777. The van der Waals surface area contributed by atoms with Gasteiger partial charge in [0.05, 0.1) is 18.2 Å². The number of carbonyl (C=O) groups excluding carboxylic acids is 1. The molecule has 2 atom stereocenters. The van der Waals surface area contributed by atoms with E-state index in [1.54, 1.807) is 12.5 Å². The van der Waals surface area contributed by atoms with Crippen molar-refractivity contribution >= 4 is 29.3 Å². The largest absolute Gasteiger partial charge is 0.467 e. The van der Waals surface area contributed by atoms with Gasteiger partial charge < -0.3 is 8.83 Å². The highest BCUT2D eigenvalue weighted by Crippen LogP contribution is 2.44. The predicted octanol–water partition coefficient (Wildman–Crippen LogP) is 4.23. The zero-order valence-electron chi connectivity index (χ0n) is 13.0. The lowest BCUT2D eigenvalue weighted by atomic mass is 9.79. The number of nitrogens with zero attached hydrogens (tertiary/aromatic N) is 2. The normalized spacial score (nSPS) is 25.0. The summed E-state index contributed by atoms with van der Waals surface area (Å²) in [4.78, 5) is 12.3. The van der Waals surface area contributed by atoms with E-state index in [0.717, 1.165) is 42.1 Å². The number of rotatable bonds is 3. The van der Waals surface area contributed by atoms with Crippen LogP contribution in [0.1, 0.15) is 36.8 Å². The van der Waals surface area contributed by atoms with Crippen LogP contribution in [0.3, 0.4) is 0 Å². The Balaban J connectivity index is 1.74. The minimum absolute atomic E-state index is 0.0993. The van der Waals surface area contributed by atoms with Crippen molar-refractivity contribution in [1.82, 2.24) is 5.01 Å². The maximum Gasteiger partial charge on any atom is 0.258 e. The number of halogens is 1. The molecule has 0 aromatic carbocycles. The molecule has 6 heteroatoms. The van der Waals surface area contributed by atoms with Gasteiger partial charge in [0, 0.05) is 5.92 Å². The first-order chi connectivity index (χ1) is 11.8. The number of carbonyl (C=O) groups is 1. The van der Waals surface area contributed by atoms with Crippen molar-refractivity contribution < 1.29 is 13.6 Å². The fourth-order valence-corrected chi connectivity index (χ4v) is 3.67. The topological polar surface area (TPSA) is 59.0 Å². The quantitative estimate of drug-likeness (QED) is 0.783. The molecule has 1 saturated carbocycles. The Morgan fingerprint density at radius 1 is 1.33 bits per heavy atom. The highest BCUT2D eigenvalue weighted by atomic mass is 35.5. The van der Waals surface area contributed by atoms with Crippen molar-refractivity contribution in [1.29, 1.82) is 0 Å². The van der Waals surface area contributed by atoms with Crippen molar-refractivity contribution in [2.75, 3.05) is 5.88 Å². The van der Waals surface area contributed by atoms with Gasteiger partial charge in [-0.3, -0.25) is 4.79 Å². The molecule has 24 heavy (non-hydrogen) atoms. The van der Waals surface area contributed by atoms with Crippen LogP contribution >= 0.6 is 11.6 Å². The zero-order chi connectivity index (χ0) is 16.5. The summed E-state index contributed by atoms with van der Waals surface area (Å²) in [6.07, 6.45) is 8.21. The van der Waals surface area contributed by atoms with Gasteiger partial charge in [-0.05, 0) is 55.2 Å². The van der Waals surface area contributed by atoms with Crippen LogP contribution in [0, 0.1) is 5.92 Å². The van der Waals surface area contributed by atoms with E-state index in [1.807, 2.05) is 30.3 Å². The molecule has 0 bridgehead atoms. The van der Waals surface area contributed by atoms with Gasteiger partial charge in [-0.1, -0.05) is 0 Å². The van der Waals surface area contributed by atoms with Crippen LogP contribution in [0.4, 0.5) is 0 Å². The van der Waals surface area contributed by atoms with Gasteiger partial charge in [-0.25, -0.2) is 5.01 Å². The van der Waals surface area contributed by atoms with Crippen LogP contribution in [0.25, 0.3) is 6.08 Å². The Morgan fingerprint density at radius 3 is 2.88 bits per heavy atom. The smallest absolute Gasteiger partial charge is 0.258 e. The molecule has 0 saturated heterocycles. The second kappa shape index (κ2) is 6.32. The Labute approximate surface area is 144 Å². The molecule has 1 amide bonds. The van der Waals surface area contributed by atoms with Crippen LogP contribution in [0.5, 0.6) is 0 Å². The summed E-state index contributed by atoms with van der Waals surface area (Å²) in [7, 11) is 0. The molecule has 2 aliphatic rings. The predicted molar refractivity (Wildman–Crippen MR) is 90.5 cm³/mol. The second-order valence-electron chi connectivity index (χ2n) is 6.00. The molecule has 0 spiro atoms. The summed E-state index contributed by atoms with van der Waals surface area (Å²) < 4.78 is 11.0. The third kappa shape index (κ3) is 2.59. The Kier molecular flexibility index (Phi) is 4.02. The van der Waals surface area contributed by atoms with Crippen LogP contribution < -0.4 is 0 Å². The molecule has 1 aliphatic heterocycles. The van der Waals surface area contributed by atoms with E-state index in [9.17, 15) is 4.79 Å². The van der Waals surface area contributed by atoms with Crippen LogP contribution in [-0.2, 0) is 4.79 Å². The van der Waals surface area contributed by atoms with Crippen molar-refractivity contribution in [3.63, 3.8) is 0 Å². The van der Waals surface area contributed by atoms with E-state index < -0.39 is 0 Å². The summed E-state index contributed by atoms with van der Waals surface area (Å²) in [5.41, 5.74) is 2.06. The van der Waals surface area contributed by atoms with Gasteiger partial charge in [-0.15, -0.1) is 11.6 Å². The number of hydrogen-bond acceptors (Lipinski definition) is 4. The third-order valence-corrected chi connectivity index (χ3v) is 4.79. The number of amides is 1. The lowest BCUT2D eigenvalue weighted by Crippen LogP contribution is -2.32. The van der Waals surface area contributed by atoms with E-state index in [2.05, 4.69) is 5.10 Å². The van der Waals surface area contributed by atoms with Crippen molar-refractivity contribution in [2.45, 2.75) is 25.3 Å². The molecule has 5 nitrogen and oxygen atoms in total. The first-order valence-electron chi connectivity index (χ1n) is 8.02. The standard InChI is InChI=1S/C18H17ClN2O3/c19-11-16(22)21-18(15-7-3-9-24-15)14-6-1-4-12(17(14)20-21)10-13-5-2-8-23-13/h2-3,5,7-10,14,18H,1,4,6,11H2/b12-10+/t14-,18+/m1/s1. The highest BCUT2D eigenvalue weighted by molar-refractivity contribution is 6.27. The summed E-state index contributed by atoms with van der Waals surface area (Å²) in [6.45, 7) is 0. The lowest BCUT2D eigenvalue weighted by molar-refractivity contribution is -0.131. The average Bonchev–Trinajstić information content (AvgIpc) is 3.33. The molecule has 2 aromatic heterocycles. The fourth-order valence-electron chi connectivity index (χ4n) is 3.55. The fraction of sp³-hybridized carbons (Fsp3) is 0.333. The monoisotopic (exact) mass is 344 g/mol. The van der Waals surface area contributed by atoms with Crippen molar-refractivity contribution in [3.8, 4) is 0 Å². The van der Waals surface area contributed by atoms with Crippen LogP contribution in [0.2, 0.25) is 0 Å². The highest BCUT2D eigenvalue weighted by Gasteiger charge is 2.44. The number of alkyl halides is 1. The summed E-state index contributed by atoms with van der Waals surface area (Å²) in [5, 5.41) is 6.12. The van der Waals surface area contributed by atoms with Gasteiger partial charge in [0.2, 0.25) is 0 Å². The van der Waals surface area contributed by atoms with Crippen LogP contribution in [-0.4, -0.2) is 22.5 Å². The molecule has 4 rings (SSSR count). The van der Waals surface area contributed by atoms with E-state index in [0.29, 0.717) is 0 Å². The van der Waals surface area contributed by atoms with Gasteiger partial charge >= 0.3 is 0 Å². The first-order valence-corrected chi connectivity index (χ1v) is 8.56. The number of hydrazone groups is 1. The van der Waals surface area contributed by atoms with Crippen LogP contribution in [0.15, 0.2) is 56.3 Å². The molecule has 2 aromatic rings. The molecule has 1 fully saturated rings. The third-order valence-electron chi connectivity index (χ3n) is 4.57. The molecule has 3 heterocycles. The van der Waals surface area contributed by atoms with Gasteiger partial charge in [0.15, 0.2) is 0 Å². The van der Waals surface area contributed by atoms with Gasteiger partial charge in [-0.2, -0.15) is 5.10 Å². The zero-order valence-corrected chi connectivity index (χ0v) is 13.8. The molecular formula is C18H17ClN2O3. The maximum atomic E-state index is 12.3. The molecule has 0 radical (unpaired) electrons. The van der Waals surface area contributed by atoms with E-state index in [1.165, 1.54) is 5.01 Å². The average molecular weight is 345 g/mol. The second-order valence-corrected chi connectivity index (χ2v) is 6.27. The SMILES string of the molecule is O=C(CCl)N1N=C2/C(=C/c3ccco3)CCC[C@H]2[C@H]1c1ccco1. The summed E-state index contributed by atoms with van der Waals surface area (Å²) >= 11 is 5.79. The van der Waals surface area contributed by atoms with E-state index in [4.69, 9.17) is 20.4 Å². The van der Waals surface area contributed by atoms with Crippen molar-refractivity contribution in [3.05, 3.63) is 53.9 Å². The number of furan rings is 2. The molecular weight excluding hydrogens is 328 g/mol. The number of fused-ring (bicyclic) bond motifs is 1. The Hall–Kier alpha value is -2.27. The Morgan fingerprint density at radius 2 is 2.17 bits per heavy atom. The van der Waals surface area contributed by atoms with Gasteiger partial charge in [0.1, 0.15) is 23.4 Å². The first kappa shape index (κ1) is 15.3. The van der Waals surface area contributed by atoms with Crippen molar-refractivity contribution in [2.24, 2.45) is 11.0 Å². The minimum atomic E-state index is -0.221.